The molecule has 2 rings (SSSR count). The zero-order valence-corrected chi connectivity index (χ0v) is 13.5. The monoisotopic (exact) mass is 339 g/mol. The van der Waals surface area contributed by atoms with Crippen molar-refractivity contribution in [3.8, 4) is 0 Å². The van der Waals surface area contributed by atoms with Crippen LogP contribution < -0.4 is 0 Å². The molecule has 1 aliphatic rings. The number of hydrogen-bond acceptors (Lipinski definition) is 4. The average molecular weight is 339 g/mol. The number of aryl methyl sites for hydroxylation is 1. The van der Waals surface area contributed by atoms with Gasteiger partial charge >= 0.3 is 5.97 Å². The van der Waals surface area contributed by atoms with Crippen LogP contribution in [-0.4, -0.2) is 32.7 Å². The summed E-state index contributed by atoms with van der Waals surface area (Å²) in [6.45, 7) is 1.94. The molecule has 1 amide bonds. The molecule has 0 radical (unpaired) electrons. The smallest absolute Gasteiger partial charge is 0.303 e. The number of thiocarbonyl (C=S) groups is 1. The summed E-state index contributed by atoms with van der Waals surface area (Å²) in [5.41, 5.74) is 1.23. The number of amides is 1. The van der Waals surface area contributed by atoms with E-state index in [1.807, 2.05) is 0 Å². The van der Waals surface area contributed by atoms with Gasteiger partial charge in [0, 0.05) is 13.0 Å². The number of carboxylic acid groups (broad SMARTS) is 1. The number of hydrogen-bond donors (Lipinski definition) is 1. The highest BCUT2D eigenvalue weighted by molar-refractivity contribution is 8.26. The van der Waals surface area contributed by atoms with E-state index in [1.165, 1.54) is 22.7 Å². The molecule has 0 bridgehead atoms. The molecule has 0 unspecified atom stereocenters. The van der Waals surface area contributed by atoms with Gasteiger partial charge < -0.3 is 5.11 Å². The lowest BCUT2D eigenvalue weighted by molar-refractivity contribution is -0.137. The standard InChI is InChI=1S/C15H14FNO3S2/c1-9-7-10(4-5-11(9)16)8-12-14(20)17(15(21)22-12)6-2-3-13(18)19/h4-5,7-8H,2-3,6H2,1H3,(H,18,19)/b12-8-. The van der Waals surface area contributed by atoms with Crippen molar-refractivity contribution in [1.29, 1.82) is 0 Å². The van der Waals surface area contributed by atoms with Crippen molar-refractivity contribution in [2.45, 2.75) is 19.8 Å². The number of thioether (sulfide) groups is 1. The van der Waals surface area contributed by atoms with Crippen LogP contribution in [-0.2, 0) is 9.59 Å². The van der Waals surface area contributed by atoms with E-state index in [4.69, 9.17) is 17.3 Å². The van der Waals surface area contributed by atoms with Gasteiger partial charge in [0.25, 0.3) is 5.91 Å². The van der Waals surface area contributed by atoms with Gasteiger partial charge in [-0.1, -0.05) is 30.0 Å². The fraction of sp³-hybridized carbons (Fsp3) is 0.267. The van der Waals surface area contributed by atoms with Crippen LogP contribution in [0.4, 0.5) is 4.39 Å². The maximum atomic E-state index is 13.2. The van der Waals surface area contributed by atoms with Crippen molar-refractivity contribution in [2.75, 3.05) is 6.54 Å². The maximum absolute atomic E-state index is 13.2. The number of rotatable bonds is 5. The van der Waals surface area contributed by atoms with Gasteiger partial charge in [-0.2, -0.15) is 0 Å². The summed E-state index contributed by atoms with van der Waals surface area (Å²) < 4.78 is 13.7. The van der Waals surface area contributed by atoms with E-state index in [0.717, 1.165) is 5.56 Å². The second-order valence-corrected chi connectivity index (χ2v) is 6.52. The molecule has 0 spiro atoms. The summed E-state index contributed by atoms with van der Waals surface area (Å²) in [6, 6.07) is 4.61. The fourth-order valence-electron chi connectivity index (χ4n) is 1.99. The molecule has 116 valence electrons. The van der Waals surface area contributed by atoms with Crippen molar-refractivity contribution in [3.05, 3.63) is 40.0 Å². The van der Waals surface area contributed by atoms with Gasteiger partial charge in [-0.15, -0.1) is 0 Å². The second kappa shape index (κ2) is 7.02. The van der Waals surface area contributed by atoms with Gasteiger partial charge in [0.05, 0.1) is 4.91 Å². The van der Waals surface area contributed by atoms with E-state index < -0.39 is 5.97 Å². The van der Waals surface area contributed by atoms with Crippen LogP contribution >= 0.6 is 24.0 Å². The zero-order valence-electron chi connectivity index (χ0n) is 11.8. The summed E-state index contributed by atoms with van der Waals surface area (Å²) in [5.74, 6) is -1.43. The second-order valence-electron chi connectivity index (χ2n) is 4.84. The van der Waals surface area contributed by atoms with Crippen molar-refractivity contribution >= 4 is 46.3 Å². The Hall–Kier alpha value is -1.73. The zero-order chi connectivity index (χ0) is 16.3. The van der Waals surface area contributed by atoms with Gasteiger partial charge in [-0.3, -0.25) is 14.5 Å². The highest BCUT2D eigenvalue weighted by Crippen LogP contribution is 2.32. The Bertz CT molecular complexity index is 673. The molecular weight excluding hydrogens is 325 g/mol. The molecule has 0 saturated carbocycles. The number of carboxylic acids is 1. The Balaban J connectivity index is 2.11. The third-order valence-electron chi connectivity index (χ3n) is 3.13. The lowest BCUT2D eigenvalue weighted by Crippen LogP contribution is -2.29. The Labute approximate surface area is 137 Å². The van der Waals surface area contributed by atoms with E-state index in [0.29, 0.717) is 21.2 Å². The molecule has 0 aromatic heterocycles. The molecule has 1 aromatic rings. The fourth-order valence-corrected chi connectivity index (χ4v) is 3.30. The number of benzene rings is 1. The molecule has 22 heavy (non-hydrogen) atoms. The molecule has 0 atom stereocenters. The van der Waals surface area contributed by atoms with E-state index in [2.05, 4.69) is 0 Å². The number of carbonyl (C=O) groups is 2. The number of nitrogens with zero attached hydrogens (tertiary/aromatic N) is 1. The predicted octanol–water partition coefficient (Wildman–Crippen LogP) is 3.20. The van der Waals surface area contributed by atoms with Crippen LogP contribution in [0.5, 0.6) is 0 Å². The Morgan fingerprint density at radius 3 is 2.86 bits per heavy atom. The summed E-state index contributed by atoms with van der Waals surface area (Å²) in [7, 11) is 0. The predicted molar refractivity (Wildman–Crippen MR) is 87.9 cm³/mol. The van der Waals surface area contributed by atoms with Crippen molar-refractivity contribution in [2.24, 2.45) is 0 Å². The average Bonchev–Trinajstić information content (AvgIpc) is 2.70. The van der Waals surface area contributed by atoms with E-state index in [1.54, 1.807) is 25.1 Å². The molecule has 1 heterocycles. The number of aliphatic carboxylic acids is 1. The topological polar surface area (TPSA) is 57.6 Å². The summed E-state index contributed by atoms with van der Waals surface area (Å²) in [4.78, 5) is 24.7. The van der Waals surface area contributed by atoms with Crippen molar-refractivity contribution < 1.29 is 19.1 Å². The Morgan fingerprint density at radius 2 is 2.23 bits per heavy atom. The van der Waals surface area contributed by atoms with Gasteiger partial charge in [0.1, 0.15) is 10.1 Å². The number of halogens is 1. The van der Waals surface area contributed by atoms with Gasteiger partial charge in [0.15, 0.2) is 0 Å². The molecule has 1 aliphatic heterocycles. The third kappa shape index (κ3) is 3.92. The molecule has 1 aromatic carbocycles. The van der Waals surface area contributed by atoms with Gasteiger partial charge in [-0.05, 0) is 42.7 Å². The minimum atomic E-state index is -0.900. The first-order chi connectivity index (χ1) is 10.4. The van der Waals surface area contributed by atoms with Crippen LogP contribution in [0.1, 0.15) is 24.0 Å². The highest BCUT2D eigenvalue weighted by atomic mass is 32.2. The first-order valence-electron chi connectivity index (χ1n) is 6.62. The van der Waals surface area contributed by atoms with E-state index in [9.17, 15) is 14.0 Å². The molecule has 1 saturated heterocycles. The highest BCUT2D eigenvalue weighted by Gasteiger charge is 2.31. The molecule has 1 fully saturated rings. The molecule has 7 heteroatoms. The van der Waals surface area contributed by atoms with Crippen molar-refractivity contribution in [3.63, 3.8) is 0 Å². The van der Waals surface area contributed by atoms with Crippen LogP contribution in [0, 0.1) is 12.7 Å². The summed E-state index contributed by atoms with van der Waals surface area (Å²) in [5, 5.41) is 8.63. The van der Waals surface area contributed by atoms with Crippen LogP contribution in [0.2, 0.25) is 0 Å². The summed E-state index contributed by atoms with van der Waals surface area (Å²) >= 11 is 6.33. The van der Waals surface area contributed by atoms with Crippen LogP contribution in [0.25, 0.3) is 6.08 Å². The summed E-state index contributed by atoms with van der Waals surface area (Å²) in [6.07, 6.45) is 2.01. The number of carbonyl (C=O) groups excluding carboxylic acids is 1. The maximum Gasteiger partial charge on any atom is 0.303 e. The SMILES string of the molecule is Cc1cc(/C=C2\SC(=S)N(CCCC(=O)O)C2=O)ccc1F. The third-order valence-corrected chi connectivity index (χ3v) is 4.50. The lowest BCUT2D eigenvalue weighted by Gasteiger charge is -2.13. The van der Waals surface area contributed by atoms with Gasteiger partial charge in [0.2, 0.25) is 0 Å². The van der Waals surface area contributed by atoms with E-state index >= 15 is 0 Å². The van der Waals surface area contributed by atoms with E-state index in [-0.39, 0.29) is 24.7 Å². The molecule has 0 aliphatic carbocycles. The molecule has 1 N–H and O–H groups in total. The molecular formula is C15H14FNO3S2. The Kier molecular flexibility index (Phi) is 5.31. The first kappa shape index (κ1) is 16.6. The Morgan fingerprint density at radius 1 is 1.50 bits per heavy atom. The minimum Gasteiger partial charge on any atom is -0.481 e. The van der Waals surface area contributed by atoms with Crippen molar-refractivity contribution in [1.82, 2.24) is 4.90 Å². The quantitative estimate of drug-likeness (QED) is 0.659. The molecule has 4 nitrogen and oxygen atoms in total. The minimum absolute atomic E-state index is 0.00668. The normalized spacial score (nSPS) is 16.6. The van der Waals surface area contributed by atoms with Crippen LogP contribution in [0.15, 0.2) is 23.1 Å². The first-order valence-corrected chi connectivity index (χ1v) is 7.84. The lowest BCUT2D eigenvalue weighted by atomic mass is 10.1. The van der Waals surface area contributed by atoms with Crippen LogP contribution in [0.3, 0.4) is 0 Å². The largest absolute Gasteiger partial charge is 0.481 e. The van der Waals surface area contributed by atoms with Gasteiger partial charge in [-0.25, -0.2) is 4.39 Å².